The molecule has 130 heavy (non-hydrogen) atoms. The number of aliphatic hydroxyl groups excluding tert-OH is 2. The average Bonchev–Trinajstić information content (AvgIpc) is 1.59. The van der Waals surface area contributed by atoms with Gasteiger partial charge < -0.3 is 111 Å². The lowest BCUT2D eigenvalue weighted by atomic mass is 9.79. The Hall–Kier alpha value is -10.3. The number of nitrogens with one attached hydrogen (secondary N) is 4. The number of allylic oxidation sites excluding steroid dienone is 6. The van der Waals surface area contributed by atoms with E-state index in [-0.39, 0.29) is 140 Å². The molecule has 712 valence electrons. The highest BCUT2D eigenvalue weighted by molar-refractivity contribution is 6.39. The lowest BCUT2D eigenvalue weighted by Gasteiger charge is -2.42. The number of aromatic nitrogens is 8. The molecule has 2 aromatic carbocycles. The molecular formula is C93H134N16O21. The Morgan fingerprint density at radius 2 is 1.45 bits per heavy atom. The second-order valence-corrected chi connectivity index (χ2v) is 34.2. The molecule has 15 atom stereocenters. The zero-order valence-corrected chi connectivity index (χ0v) is 76.2. The van der Waals surface area contributed by atoms with Crippen LogP contribution in [0.25, 0.3) is 33.3 Å². The Balaban J connectivity index is 0.619. The predicted molar refractivity (Wildman–Crippen MR) is 484 cm³/mol. The summed E-state index contributed by atoms with van der Waals surface area (Å²) in [6, 6.07) is 14.5. The summed E-state index contributed by atoms with van der Waals surface area (Å²) in [6.45, 7) is 14.7. The number of rotatable bonds is 38. The number of unbranched alkanes of at least 4 members (excludes halogenated alkanes) is 1. The summed E-state index contributed by atoms with van der Waals surface area (Å²) in [5.74, 6) is -8.39. The molecule has 4 aromatic heterocycles. The third kappa shape index (κ3) is 30.4. The third-order valence-corrected chi connectivity index (χ3v) is 24.2. The van der Waals surface area contributed by atoms with Crippen molar-refractivity contribution in [3.05, 3.63) is 126 Å². The van der Waals surface area contributed by atoms with E-state index in [0.717, 1.165) is 40.6 Å². The lowest BCUT2D eigenvalue weighted by molar-refractivity contribution is -0.265. The van der Waals surface area contributed by atoms with Crippen LogP contribution in [0.4, 0.5) is 16.3 Å². The number of aryl methyl sites for hydroxylation is 1. The second kappa shape index (κ2) is 52.1. The Kier molecular flexibility index (Phi) is 40.8. The van der Waals surface area contributed by atoms with E-state index in [1.165, 1.54) is 11.2 Å². The van der Waals surface area contributed by atoms with Crippen LogP contribution in [0.15, 0.2) is 120 Å². The molecule has 3 fully saturated rings. The van der Waals surface area contributed by atoms with Crippen LogP contribution < -0.4 is 33.2 Å². The molecule has 37 nitrogen and oxygen atoms in total. The first-order valence-electron chi connectivity index (χ1n) is 45.4. The zero-order valence-electron chi connectivity index (χ0n) is 76.2. The second-order valence-electron chi connectivity index (χ2n) is 34.2. The number of amides is 4. The largest absolute Gasteiger partial charge is 0.459 e. The van der Waals surface area contributed by atoms with Gasteiger partial charge in [-0.05, 0) is 144 Å². The fourth-order valence-electron chi connectivity index (χ4n) is 16.7. The Labute approximate surface area is 759 Å². The fraction of sp³-hybridized carbons (Fsp3) is 0.602. The van der Waals surface area contributed by atoms with E-state index in [0.29, 0.717) is 137 Å². The molecule has 0 unspecified atom stereocenters. The number of piperidine rings is 1. The topological polar surface area (TPSA) is 502 Å². The summed E-state index contributed by atoms with van der Waals surface area (Å²) in [4.78, 5) is 115. The molecule has 7 heterocycles. The van der Waals surface area contributed by atoms with Gasteiger partial charge in [-0.25, -0.2) is 28.9 Å². The summed E-state index contributed by atoms with van der Waals surface area (Å²) >= 11 is 0. The molecule has 13 N–H and O–H groups in total. The number of aliphatic hydroxyl groups is 3. The summed E-state index contributed by atoms with van der Waals surface area (Å²) < 4.78 is 61.7. The molecule has 1 aliphatic carbocycles. The highest BCUT2D eigenvalue weighted by Crippen LogP contribution is 2.40. The number of alkyl carbamates (subject to hydrolysis) is 1. The van der Waals surface area contributed by atoms with Crippen molar-refractivity contribution in [2.75, 3.05) is 118 Å². The number of anilines is 2. The number of methoxy groups -OCH3 is 2. The van der Waals surface area contributed by atoms with Crippen molar-refractivity contribution in [2.24, 2.45) is 40.5 Å². The number of carbonyl (C=O) groups excluding carboxylic acids is 7. The van der Waals surface area contributed by atoms with Crippen molar-refractivity contribution in [1.29, 1.82) is 0 Å². The molecule has 6 aromatic rings. The normalized spacial score (nSPS) is 25.6. The van der Waals surface area contributed by atoms with Gasteiger partial charge in [0, 0.05) is 113 Å². The maximum Gasteiger partial charge on any atom is 0.407 e. The zero-order chi connectivity index (χ0) is 93.1. The van der Waals surface area contributed by atoms with Crippen LogP contribution >= 0.6 is 0 Å². The monoisotopic (exact) mass is 1810 g/mol. The number of ether oxygens (including phenoxy) is 10. The Bertz CT molecular complexity index is 4790. The Morgan fingerprint density at radius 3 is 2.18 bits per heavy atom. The maximum absolute atomic E-state index is 15.1. The molecule has 4 aliphatic rings. The Morgan fingerprint density at radius 1 is 0.746 bits per heavy atom. The van der Waals surface area contributed by atoms with Crippen LogP contribution in [0, 0.1) is 29.6 Å². The number of Topliss-reactive ketones (excluding diaryl/α,β-unsaturated/α-hetero) is 2. The highest BCUT2D eigenvalue weighted by Gasteiger charge is 2.53. The molecule has 0 radical (unpaired) electrons. The van der Waals surface area contributed by atoms with Gasteiger partial charge in [-0.2, -0.15) is 5.10 Å². The van der Waals surface area contributed by atoms with Crippen LogP contribution in [0.1, 0.15) is 162 Å². The predicted octanol–water partition coefficient (Wildman–Crippen LogP) is 7.95. The van der Waals surface area contributed by atoms with Crippen LogP contribution in [0.3, 0.4) is 0 Å². The molecule has 37 heteroatoms. The molecule has 4 amide bonds. The SMILES string of the molecule is CO[C@H]1C[C@@H]2CC[C@@H](C)[C@@](O)(O2)C(=O)C(=O)N2CCCC[C@H]2C(=O)O[C@H]([C@H](N)C[C@@H]2CC[C@H](n3cc(COC(=O)NCCOCCOCCOCCC(=O)NCCOCCOCCC(=O)NCCCCn4nc(-c5cc6cc(N)ccc6[nH]5)c5c(N)ncnc54)nn3)[C@H](OC)C2)C/C(=N/OCc2ccccc2)[C@H](C)/C=C(\C)[C@@H](O)[C@@H](O)C(=O)[C@H](C)C[C@H](C)/C=C/C=CC=C1C. The first-order valence-corrected chi connectivity index (χ1v) is 45.4. The van der Waals surface area contributed by atoms with Crippen LogP contribution in [0.5, 0.6) is 0 Å². The van der Waals surface area contributed by atoms with E-state index < -0.39 is 102 Å². The van der Waals surface area contributed by atoms with Gasteiger partial charge in [0.2, 0.25) is 17.6 Å². The minimum Gasteiger partial charge on any atom is -0.459 e. The smallest absolute Gasteiger partial charge is 0.407 e. The van der Waals surface area contributed by atoms with Crippen LogP contribution in [-0.4, -0.2) is 268 Å². The van der Waals surface area contributed by atoms with E-state index >= 15 is 4.79 Å². The quantitative estimate of drug-likeness (QED) is 0.00439. The van der Waals surface area contributed by atoms with Crippen molar-refractivity contribution in [3.8, 4) is 11.4 Å². The number of nitrogen functional groups attached to an aromatic ring is 2. The lowest BCUT2D eigenvalue weighted by Crippen LogP contribution is -2.61. The first kappa shape index (κ1) is 102. The van der Waals surface area contributed by atoms with Gasteiger partial charge in [0.25, 0.3) is 11.7 Å². The van der Waals surface area contributed by atoms with Crippen molar-refractivity contribution in [3.63, 3.8) is 0 Å². The molecular weight excluding hydrogens is 1680 g/mol. The number of ketones is 2. The van der Waals surface area contributed by atoms with Gasteiger partial charge in [-0.1, -0.05) is 105 Å². The van der Waals surface area contributed by atoms with Crippen LogP contribution in [0.2, 0.25) is 0 Å². The number of cyclic esters (lactones) is 1. The minimum absolute atomic E-state index is 0.0129. The molecule has 2 bridgehead atoms. The molecule has 2 saturated heterocycles. The van der Waals surface area contributed by atoms with Crippen molar-refractivity contribution in [1.82, 2.24) is 60.6 Å². The van der Waals surface area contributed by atoms with Gasteiger partial charge in [-0.15, -0.1) is 5.10 Å². The molecule has 10 rings (SSSR count). The number of hydrogen-bond acceptors (Lipinski definition) is 30. The van der Waals surface area contributed by atoms with E-state index in [4.69, 9.17) is 74.5 Å². The van der Waals surface area contributed by atoms with Gasteiger partial charge in [0.15, 0.2) is 11.4 Å². The molecule has 1 saturated carbocycles. The molecule has 0 spiro atoms. The number of nitrogens with two attached hydrogens (primary N) is 3. The van der Waals surface area contributed by atoms with E-state index in [2.05, 4.69) is 46.4 Å². The third-order valence-electron chi connectivity index (χ3n) is 24.2. The number of esters is 1. The van der Waals surface area contributed by atoms with Crippen molar-refractivity contribution < 1.29 is 101 Å². The number of benzene rings is 2. The minimum atomic E-state index is -2.51. The number of nitrogens with zero attached hydrogens (tertiary/aromatic N) is 9. The van der Waals surface area contributed by atoms with Gasteiger partial charge in [-0.3, -0.25) is 24.0 Å². The average molecular weight is 1810 g/mol. The maximum atomic E-state index is 15.1. The van der Waals surface area contributed by atoms with Gasteiger partial charge in [0.05, 0.1) is 113 Å². The van der Waals surface area contributed by atoms with Crippen molar-refractivity contribution >= 4 is 80.5 Å². The van der Waals surface area contributed by atoms with E-state index in [1.807, 2.05) is 104 Å². The summed E-state index contributed by atoms with van der Waals surface area (Å²) in [5, 5.41) is 63.7. The number of fused-ring (bicyclic) bond motifs is 5. The highest BCUT2D eigenvalue weighted by atomic mass is 16.6. The number of H-pyrrole nitrogens is 1. The summed E-state index contributed by atoms with van der Waals surface area (Å²) in [6.07, 6.45) is 13.7. The fourth-order valence-corrected chi connectivity index (χ4v) is 16.7. The van der Waals surface area contributed by atoms with E-state index in [1.54, 1.807) is 58.9 Å². The van der Waals surface area contributed by atoms with E-state index in [9.17, 15) is 44.1 Å². The van der Waals surface area contributed by atoms with Crippen molar-refractivity contribution in [2.45, 2.75) is 225 Å². The first-order chi connectivity index (χ1) is 62.7. The number of oxime groups is 1. The van der Waals surface area contributed by atoms with Gasteiger partial charge >= 0.3 is 12.1 Å². The number of aromatic amines is 1. The summed E-state index contributed by atoms with van der Waals surface area (Å²) in [7, 11) is 3.16. The molecule has 3 aliphatic heterocycles. The summed E-state index contributed by atoms with van der Waals surface area (Å²) in [5.41, 5.74) is 25.9. The standard InChI is InChI=1S/C93H134N16O21/c1-59-19-11-9-12-20-60(2)77(120-7)53-70-27-24-64(6)93(119,130-70)87(115)90(116)107-35-17-15-23-76(107)91(117)129-78(54-73(105-128-56-65-21-13-10-14-22-65)61(3)48-63(5)85(113)86(114)84(112)62(4)47-59)71(95)49-66-25-29-75(79(50-66)121-8)109-55-69(103-106-109)57-127-92(118)99-34-40-125-44-46-126-45-42-123-38-31-81(111)98-33-39-124-43-41-122-37-30-80(110)97-32-16-18-36-108-89-82(88(96)100-58-101-89)83(104-108)74-52-67-51-68(94)26-28-72(67)102-74/h9-14,19-22,26,28,48,51-52,55,58-59,61-62,64,66,70-71,75-79,85-86,102,113-114,119H,15-18,23-25,27,29-47,49-50,53-54,56-57,94-95H2,1-8H3,(H,97,110)(H,98,111)(H,99,118)(H2,96,100,101)/b12-9?,19-11+,60-20?,63-48+,105-73-/t59-,61-,62-,64-,66+,70+,71-,75+,76+,77+,78+,79-,85-,86+,93-/m1/s1. The van der Waals surface area contributed by atoms with Gasteiger partial charge in [0.1, 0.15) is 61.1 Å². The number of hydrogen-bond donors (Lipinski definition) is 10. The number of carbonyl (C=O) groups is 7. The van der Waals surface area contributed by atoms with Crippen LogP contribution in [-0.2, 0) is 101 Å².